The second kappa shape index (κ2) is 8.23. The molecule has 7 nitrogen and oxygen atoms in total. The van der Waals surface area contributed by atoms with Crippen molar-refractivity contribution in [1.82, 2.24) is 4.90 Å². The van der Waals surface area contributed by atoms with Gasteiger partial charge in [0.2, 0.25) is 0 Å². The lowest BCUT2D eigenvalue weighted by molar-refractivity contribution is -0.118. The molecule has 1 atom stereocenters. The van der Waals surface area contributed by atoms with Crippen molar-refractivity contribution in [1.29, 1.82) is 0 Å². The van der Waals surface area contributed by atoms with Gasteiger partial charge in [-0.2, -0.15) is 0 Å². The van der Waals surface area contributed by atoms with Gasteiger partial charge in [0.1, 0.15) is 5.75 Å². The van der Waals surface area contributed by atoms with Gasteiger partial charge in [0.15, 0.2) is 6.61 Å². The van der Waals surface area contributed by atoms with E-state index in [1.807, 2.05) is 0 Å². The first kappa shape index (κ1) is 19.4. The van der Waals surface area contributed by atoms with Gasteiger partial charge in [-0.25, -0.2) is 0 Å². The molecule has 0 radical (unpaired) electrons. The molecule has 2 aliphatic rings. The number of hydrogen-bond donors (Lipinski definition) is 1. The molecule has 1 fully saturated rings. The highest BCUT2D eigenvalue weighted by atomic mass is 35.5. The predicted molar refractivity (Wildman–Crippen MR) is 106 cm³/mol. The van der Waals surface area contributed by atoms with Crippen molar-refractivity contribution in [3.05, 3.63) is 58.6 Å². The van der Waals surface area contributed by atoms with Crippen LogP contribution in [-0.4, -0.2) is 48.5 Å². The van der Waals surface area contributed by atoms with Crippen LogP contribution in [0.2, 0.25) is 5.02 Å². The number of benzene rings is 2. The highest BCUT2D eigenvalue weighted by Crippen LogP contribution is 2.28. The average molecular weight is 415 g/mol. The van der Waals surface area contributed by atoms with Gasteiger partial charge in [0.05, 0.1) is 28.8 Å². The van der Waals surface area contributed by atoms with E-state index < -0.39 is 5.91 Å². The van der Waals surface area contributed by atoms with Gasteiger partial charge >= 0.3 is 0 Å². The summed E-state index contributed by atoms with van der Waals surface area (Å²) in [5, 5.41) is 3.08. The number of ether oxygens (including phenoxy) is 2. The maximum Gasteiger partial charge on any atom is 0.262 e. The molecule has 0 aliphatic carbocycles. The monoisotopic (exact) mass is 414 g/mol. The first-order chi connectivity index (χ1) is 14.0. The average Bonchev–Trinajstić information content (AvgIpc) is 3.31. The van der Waals surface area contributed by atoms with Crippen LogP contribution < -0.4 is 10.1 Å². The van der Waals surface area contributed by atoms with Crippen LogP contribution in [0, 0.1) is 0 Å². The third kappa shape index (κ3) is 4.11. The van der Waals surface area contributed by atoms with Crippen molar-refractivity contribution < 1.29 is 23.9 Å². The van der Waals surface area contributed by atoms with Crippen LogP contribution in [0.4, 0.5) is 5.69 Å². The number of carbonyl (C=O) groups excluding carboxylic acids is 3. The number of rotatable bonds is 6. The Morgan fingerprint density at radius 2 is 1.97 bits per heavy atom. The minimum atomic E-state index is -0.405. The third-order valence-corrected chi connectivity index (χ3v) is 5.17. The summed E-state index contributed by atoms with van der Waals surface area (Å²) < 4.78 is 10.9. The lowest BCUT2D eigenvalue weighted by atomic mass is 10.1. The molecular formula is C21H19ClN2O5. The number of para-hydroxylation sites is 1. The van der Waals surface area contributed by atoms with E-state index in [2.05, 4.69) is 5.32 Å². The van der Waals surface area contributed by atoms with Gasteiger partial charge in [-0.05, 0) is 43.2 Å². The van der Waals surface area contributed by atoms with Crippen molar-refractivity contribution in [3.8, 4) is 5.75 Å². The molecule has 29 heavy (non-hydrogen) atoms. The quantitative estimate of drug-likeness (QED) is 0.734. The maximum absolute atomic E-state index is 12.7. The molecule has 0 spiro atoms. The molecule has 2 aromatic carbocycles. The van der Waals surface area contributed by atoms with Crippen molar-refractivity contribution in [3.63, 3.8) is 0 Å². The van der Waals surface area contributed by atoms with Gasteiger partial charge in [0.25, 0.3) is 17.7 Å². The van der Waals surface area contributed by atoms with E-state index >= 15 is 0 Å². The number of fused-ring (bicyclic) bond motifs is 1. The molecule has 0 aromatic heterocycles. The van der Waals surface area contributed by atoms with E-state index in [9.17, 15) is 14.4 Å². The smallest absolute Gasteiger partial charge is 0.262 e. The molecule has 2 aromatic rings. The van der Waals surface area contributed by atoms with Crippen LogP contribution >= 0.6 is 11.6 Å². The van der Waals surface area contributed by atoms with Gasteiger partial charge in [-0.1, -0.05) is 23.7 Å². The number of amides is 3. The van der Waals surface area contributed by atoms with Gasteiger partial charge < -0.3 is 14.8 Å². The number of imide groups is 1. The number of hydrogen-bond acceptors (Lipinski definition) is 5. The number of anilines is 1. The van der Waals surface area contributed by atoms with Crippen LogP contribution in [0.25, 0.3) is 0 Å². The van der Waals surface area contributed by atoms with Crippen LogP contribution in [-0.2, 0) is 9.53 Å². The van der Waals surface area contributed by atoms with Crippen molar-refractivity contribution in [2.75, 3.05) is 25.1 Å². The van der Waals surface area contributed by atoms with Crippen LogP contribution in [0.15, 0.2) is 42.5 Å². The van der Waals surface area contributed by atoms with Crippen LogP contribution in [0.3, 0.4) is 0 Å². The summed E-state index contributed by atoms with van der Waals surface area (Å²) in [6.07, 6.45) is 1.65. The summed E-state index contributed by atoms with van der Waals surface area (Å²) in [7, 11) is 0. The highest BCUT2D eigenvalue weighted by molar-refractivity contribution is 6.32. The molecule has 8 heteroatoms. The normalized spacial score (nSPS) is 18.1. The number of nitrogens with zero attached hydrogens (tertiary/aromatic N) is 1. The largest absolute Gasteiger partial charge is 0.482 e. The van der Waals surface area contributed by atoms with E-state index in [1.165, 1.54) is 11.0 Å². The lowest BCUT2D eigenvalue weighted by Gasteiger charge is -2.17. The van der Waals surface area contributed by atoms with E-state index in [-0.39, 0.29) is 36.6 Å². The molecule has 1 unspecified atom stereocenters. The summed E-state index contributed by atoms with van der Waals surface area (Å²) in [5.74, 6) is -0.703. The Morgan fingerprint density at radius 1 is 1.17 bits per heavy atom. The fourth-order valence-electron chi connectivity index (χ4n) is 3.43. The molecule has 1 N–H and O–H groups in total. The zero-order valence-corrected chi connectivity index (χ0v) is 16.3. The second-order valence-corrected chi connectivity index (χ2v) is 7.29. The topological polar surface area (TPSA) is 84.9 Å². The summed E-state index contributed by atoms with van der Waals surface area (Å²) in [6, 6.07) is 11.5. The molecule has 0 saturated carbocycles. The highest BCUT2D eigenvalue weighted by Gasteiger charge is 2.37. The minimum Gasteiger partial charge on any atom is -0.482 e. The molecule has 0 bridgehead atoms. The fraction of sp³-hybridized carbons (Fsp3) is 0.286. The second-order valence-electron chi connectivity index (χ2n) is 6.88. The van der Waals surface area contributed by atoms with Crippen molar-refractivity contribution >= 4 is 35.0 Å². The number of carbonyl (C=O) groups is 3. The Hall–Kier alpha value is -2.90. The summed E-state index contributed by atoms with van der Waals surface area (Å²) in [6.45, 7) is 0.666. The fourth-order valence-corrected chi connectivity index (χ4v) is 3.62. The van der Waals surface area contributed by atoms with Gasteiger partial charge in [-0.3, -0.25) is 19.3 Å². The molecular weight excluding hydrogens is 396 g/mol. The first-order valence-corrected chi connectivity index (χ1v) is 9.70. The molecule has 3 amide bonds. The maximum atomic E-state index is 12.7. The summed E-state index contributed by atoms with van der Waals surface area (Å²) >= 11 is 6.00. The van der Waals surface area contributed by atoms with Crippen molar-refractivity contribution in [2.24, 2.45) is 0 Å². The van der Waals surface area contributed by atoms with Crippen LogP contribution in [0.1, 0.15) is 33.6 Å². The Labute approximate surface area is 172 Å². The molecule has 2 heterocycles. The standard InChI is InChI=1S/C21H19ClN2O5/c22-17-5-1-2-6-18(17)29-12-19(25)23-13-7-8-15-16(10-13)21(27)24(20(15)26)11-14-4-3-9-28-14/h1-2,5-8,10,14H,3-4,9,11-12H2,(H,23,25). The van der Waals surface area contributed by atoms with E-state index in [1.54, 1.807) is 36.4 Å². The Kier molecular flexibility index (Phi) is 5.51. The third-order valence-electron chi connectivity index (χ3n) is 4.86. The first-order valence-electron chi connectivity index (χ1n) is 9.32. The molecule has 2 aliphatic heterocycles. The van der Waals surface area contributed by atoms with E-state index in [0.29, 0.717) is 28.6 Å². The number of nitrogens with one attached hydrogen (secondary N) is 1. The SMILES string of the molecule is O=C(COc1ccccc1Cl)Nc1ccc2c(c1)C(=O)N(CC1CCCO1)C2=O. The Bertz CT molecular complexity index is 971. The molecule has 4 rings (SSSR count). The summed E-state index contributed by atoms with van der Waals surface area (Å²) in [5.41, 5.74) is 1.02. The zero-order chi connectivity index (χ0) is 20.4. The molecule has 150 valence electrons. The van der Waals surface area contributed by atoms with Crippen molar-refractivity contribution in [2.45, 2.75) is 18.9 Å². The van der Waals surface area contributed by atoms with Gasteiger partial charge in [0, 0.05) is 12.3 Å². The van der Waals surface area contributed by atoms with E-state index in [4.69, 9.17) is 21.1 Å². The Balaban J connectivity index is 1.40. The predicted octanol–water partition coefficient (Wildman–Crippen LogP) is 3.13. The lowest BCUT2D eigenvalue weighted by Crippen LogP contribution is -2.36. The van der Waals surface area contributed by atoms with E-state index in [0.717, 1.165) is 12.8 Å². The number of halogens is 1. The molecule has 1 saturated heterocycles. The Morgan fingerprint density at radius 3 is 2.72 bits per heavy atom. The minimum absolute atomic E-state index is 0.113. The summed E-state index contributed by atoms with van der Waals surface area (Å²) in [4.78, 5) is 38.6. The van der Waals surface area contributed by atoms with Crippen LogP contribution in [0.5, 0.6) is 5.75 Å². The zero-order valence-electron chi connectivity index (χ0n) is 15.5. The van der Waals surface area contributed by atoms with Gasteiger partial charge in [-0.15, -0.1) is 0 Å².